The van der Waals surface area contributed by atoms with Gasteiger partial charge in [-0.3, -0.25) is 0 Å². The van der Waals surface area contributed by atoms with E-state index in [1.807, 2.05) is 0 Å². The maximum Gasteiger partial charge on any atom is 0.0856 e. The minimum absolute atomic E-state index is 0.257. The highest BCUT2D eigenvalue weighted by Crippen LogP contribution is 2.40. The standard InChI is InChI=1S/C9H17NO/c1-10-8-4-2-3-5-9(8)6-7-11-9/h8,10H,2-7H2,1H3. The summed E-state index contributed by atoms with van der Waals surface area (Å²) in [6.45, 7) is 0.984. The molecule has 1 aliphatic heterocycles. The minimum Gasteiger partial charge on any atom is -0.373 e. The van der Waals surface area contributed by atoms with Crippen LogP contribution in [0.15, 0.2) is 0 Å². The molecule has 0 aromatic rings. The molecule has 1 aliphatic carbocycles. The van der Waals surface area contributed by atoms with Gasteiger partial charge in [0.25, 0.3) is 0 Å². The molecule has 1 saturated heterocycles. The number of nitrogens with one attached hydrogen (secondary N) is 1. The van der Waals surface area contributed by atoms with Crippen LogP contribution in [0.1, 0.15) is 32.1 Å². The van der Waals surface area contributed by atoms with E-state index in [2.05, 4.69) is 12.4 Å². The van der Waals surface area contributed by atoms with Crippen molar-refractivity contribution in [3.05, 3.63) is 0 Å². The second-order valence-electron chi connectivity index (χ2n) is 3.75. The smallest absolute Gasteiger partial charge is 0.0856 e. The van der Waals surface area contributed by atoms with Crippen LogP contribution in [-0.2, 0) is 4.74 Å². The molecule has 1 spiro atoms. The fourth-order valence-corrected chi connectivity index (χ4v) is 2.45. The Morgan fingerprint density at radius 3 is 2.64 bits per heavy atom. The van der Waals surface area contributed by atoms with Crippen LogP contribution in [0.3, 0.4) is 0 Å². The number of hydrogen-bond acceptors (Lipinski definition) is 2. The molecule has 2 heteroatoms. The zero-order valence-electron chi connectivity index (χ0n) is 7.23. The molecule has 64 valence electrons. The third-order valence-electron chi connectivity index (χ3n) is 3.24. The molecule has 2 rings (SSSR count). The molecule has 2 aliphatic rings. The van der Waals surface area contributed by atoms with Gasteiger partial charge < -0.3 is 10.1 Å². The molecule has 0 aromatic carbocycles. The average Bonchev–Trinajstić information content (AvgIpc) is 2.01. The van der Waals surface area contributed by atoms with Crippen molar-refractivity contribution in [3.63, 3.8) is 0 Å². The van der Waals surface area contributed by atoms with E-state index in [0.29, 0.717) is 6.04 Å². The predicted molar refractivity (Wildman–Crippen MR) is 44.6 cm³/mol. The van der Waals surface area contributed by atoms with Crippen molar-refractivity contribution in [2.24, 2.45) is 0 Å². The Hall–Kier alpha value is -0.0800. The minimum atomic E-state index is 0.257. The number of hydrogen-bond donors (Lipinski definition) is 1. The van der Waals surface area contributed by atoms with Crippen molar-refractivity contribution < 1.29 is 4.74 Å². The van der Waals surface area contributed by atoms with Gasteiger partial charge in [-0.15, -0.1) is 0 Å². The molecular formula is C9H17NO. The molecule has 0 aromatic heterocycles. The van der Waals surface area contributed by atoms with Crippen LogP contribution in [0, 0.1) is 0 Å². The van der Waals surface area contributed by atoms with Gasteiger partial charge in [0.15, 0.2) is 0 Å². The molecule has 11 heavy (non-hydrogen) atoms. The van der Waals surface area contributed by atoms with Crippen molar-refractivity contribution >= 4 is 0 Å². The van der Waals surface area contributed by atoms with Gasteiger partial charge in [0, 0.05) is 12.5 Å². The maximum atomic E-state index is 5.70. The topological polar surface area (TPSA) is 21.3 Å². The molecule has 2 fully saturated rings. The summed E-state index contributed by atoms with van der Waals surface area (Å²) in [5, 5.41) is 3.37. The lowest BCUT2D eigenvalue weighted by molar-refractivity contribution is -0.180. The van der Waals surface area contributed by atoms with E-state index in [1.54, 1.807) is 0 Å². The summed E-state index contributed by atoms with van der Waals surface area (Å²) in [7, 11) is 2.05. The van der Waals surface area contributed by atoms with Crippen molar-refractivity contribution in [1.29, 1.82) is 0 Å². The lowest BCUT2D eigenvalue weighted by Gasteiger charge is -2.50. The second-order valence-corrected chi connectivity index (χ2v) is 3.75. The Morgan fingerprint density at radius 1 is 1.36 bits per heavy atom. The van der Waals surface area contributed by atoms with E-state index in [-0.39, 0.29) is 5.60 Å². The normalized spacial score (nSPS) is 43.9. The predicted octanol–water partition coefficient (Wildman–Crippen LogP) is 1.31. The van der Waals surface area contributed by atoms with Crippen LogP contribution in [0.5, 0.6) is 0 Å². The molecule has 0 radical (unpaired) electrons. The van der Waals surface area contributed by atoms with Crippen molar-refractivity contribution in [3.8, 4) is 0 Å². The van der Waals surface area contributed by atoms with Gasteiger partial charge in [-0.05, 0) is 19.9 Å². The van der Waals surface area contributed by atoms with Crippen LogP contribution >= 0.6 is 0 Å². The first-order valence-corrected chi connectivity index (χ1v) is 4.69. The van der Waals surface area contributed by atoms with Crippen LogP contribution < -0.4 is 5.32 Å². The monoisotopic (exact) mass is 155 g/mol. The van der Waals surface area contributed by atoms with Crippen molar-refractivity contribution in [2.75, 3.05) is 13.7 Å². The van der Waals surface area contributed by atoms with Gasteiger partial charge in [0.05, 0.1) is 12.2 Å². The fourth-order valence-electron chi connectivity index (χ4n) is 2.45. The SMILES string of the molecule is CNC1CCCCC12CCO2. The summed E-state index contributed by atoms with van der Waals surface area (Å²) < 4.78 is 5.70. The highest BCUT2D eigenvalue weighted by atomic mass is 16.5. The summed E-state index contributed by atoms with van der Waals surface area (Å²) in [6, 6.07) is 0.630. The zero-order valence-corrected chi connectivity index (χ0v) is 7.23. The third-order valence-corrected chi connectivity index (χ3v) is 3.24. The first kappa shape index (κ1) is 7.56. The van der Waals surface area contributed by atoms with Gasteiger partial charge in [-0.1, -0.05) is 12.8 Å². The highest BCUT2D eigenvalue weighted by molar-refractivity contribution is 5.00. The van der Waals surface area contributed by atoms with Crippen LogP contribution in [0.4, 0.5) is 0 Å². The van der Waals surface area contributed by atoms with E-state index < -0.39 is 0 Å². The molecule has 1 saturated carbocycles. The second kappa shape index (κ2) is 2.76. The van der Waals surface area contributed by atoms with Gasteiger partial charge in [-0.25, -0.2) is 0 Å². The van der Waals surface area contributed by atoms with E-state index in [0.717, 1.165) is 6.61 Å². The van der Waals surface area contributed by atoms with Gasteiger partial charge in [-0.2, -0.15) is 0 Å². The summed E-state index contributed by atoms with van der Waals surface area (Å²) in [5.41, 5.74) is 0.257. The van der Waals surface area contributed by atoms with Crippen LogP contribution in [0.25, 0.3) is 0 Å². The molecule has 0 amide bonds. The Morgan fingerprint density at radius 2 is 2.18 bits per heavy atom. The summed E-state index contributed by atoms with van der Waals surface area (Å²) in [4.78, 5) is 0. The summed E-state index contributed by atoms with van der Waals surface area (Å²) >= 11 is 0. The fraction of sp³-hybridized carbons (Fsp3) is 1.00. The lowest BCUT2D eigenvalue weighted by Crippen LogP contribution is -2.59. The highest BCUT2D eigenvalue weighted by Gasteiger charge is 2.45. The van der Waals surface area contributed by atoms with Gasteiger partial charge in [0.1, 0.15) is 0 Å². The number of rotatable bonds is 1. The van der Waals surface area contributed by atoms with E-state index >= 15 is 0 Å². The maximum absolute atomic E-state index is 5.70. The molecule has 2 nitrogen and oxygen atoms in total. The lowest BCUT2D eigenvalue weighted by atomic mass is 9.75. The number of likely N-dealkylation sites (N-methyl/N-ethyl adjacent to an activating group) is 1. The summed E-state index contributed by atoms with van der Waals surface area (Å²) in [5.74, 6) is 0. The largest absolute Gasteiger partial charge is 0.373 e. The van der Waals surface area contributed by atoms with Crippen molar-refractivity contribution in [1.82, 2.24) is 5.32 Å². The molecule has 1 N–H and O–H groups in total. The third kappa shape index (κ3) is 1.09. The van der Waals surface area contributed by atoms with Crippen LogP contribution in [-0.4, -0.2) is 25.3 Å². The number of ether oxygens (including phenoxy) is 1. The Labute approximate surface area is 68.3 Å². The Balaban J connectivity index is 2.02. The first-order valence-electron chi connectivity index (χ1n) is 4.69. The van der Waals surface area contributed by atoms with Gasteiger partial charge >= 0.3 is 0 Å². The zero-order chi connectivity index (χ0) is 7.73. The Kier molecular flexibility index (Phi) is 1.90. The first-order chi connectivity index (χ1) is 5.37. The van der Waals surface area contributed by atoms with E-state index in [1.165, 1.54) is 32.1 Å². The quantitative estimate of drug-likeness (QED) is 0.616. The summed E-state index contributed by atoms with van der Waals surface area (Å²) in [6.07, 6.45) is 6.59. The average molecular weight is 155 g/mol. The molecule has 2 unspecified atom stereocenters. The molecule has 1 heterocycles. The molecular weight excluding hydrogens is 138 g/mol. The van der Waals surface area contributed by atoms with E-state index in [9.17, 15) is 0 Å². The van der Waals surface area contributed by atoms with Crippen LogP contribution in [0.2, 0.25) is 0 Å². The van der Waals surface area contributed by atoms with E-state index in [4.69, 9.17) is 4.74 Å². The van der Waals surface area contributed by atoms with Gasteiger partial charge in [0.2, 0.25) is 0 Å². The molecule has 2 atom stereocenters. The molecule has 0 bridgehead atoms. The van der Waals surface area contributed by atoms with Crippen molar-refractivity contribution in [2.45, 2.75) is 43.7 Å². The Bertz CT molecular complexity index is 142.